The molecule has 0 aliphatic carbocycles. The molecule has 0 fully saturated rings. The van der Waals surface area contributed by atoms with Crippen molar-refractivity contribution in [2.45, 2.75) is 13.8 Å². The molecule has 0 N–H and O–H groups in total. The molecule has 0 heteroatoms. The molecule has 0 unspecified atom stereocenters. The fourth-order valence-electron chi connectivity index (χ4n) is 2.19. The van der Waals surface area contributed by atoms with Crippen LogP contribution < -0.4 is 0 Å². The fraction of sp³-hybridized carbons (Fsp3) is 0.111. The highest BCUT2D eigenvalue weighted by atomic mass is 14.1. The lowest BCUT2D eigenvalue weighted by Gasteiger charge is -2.12. The van der Waals surface area contributed by atoms with Gasteiger partial charge in [0, 0.05) is 0 Å². The van der Waals surface area contributed by atoms with Crippen LogP contribution in [0.25, 0.3) is 11.1 Å². The lowest BCUT2D eigenvalue weighted by atomic mass is 9.92. The van der Waals surface area contributed by atoms with Gasteiger partial charge in [-0.2, -0.15) is 0 Å². The molecule has 0 amide bonds. The van der Waals surface area contributed by atoms with Gasteiger partial charge in [-0.3, -0.25) is 0 Å². The minimum absolute atomic E-state index is 1.26. The fourth-order valence-corrected chi connectivity index (χ4v) is 2.19. The van der Waals surface area contributed by atoms with Crippen molar-refractivity contribution in [1.82, 2.24) is 0 Å². The molecule has 0 saturated heterocycles. The Morgan fingerprint density at radius 2 is 0.944 bits per heavy atom. The van der Waals surface area contributed by atoms with Gasteiger partial charge in [-0.05, 0) is 36.1 Å². The van der Waals surface area contributed by atoms with E-state index in [2.05, 4.69) is 86.7 Å². The number of hydrogen-bond donors (Lipinski definition) is 0. The highest BCUT2D eigenvalue weighted by molar-refractivity contribution is 6.04. The van der Waals surface area contributed by atoms with Gasteiger partial charge in [-0.1, -0.05) is 72.8 Å². The van der Waals surface area contributed by atoms with Crippen molar-refractivity contribution in [2.75, 3.05) is 0 Å². The number of rotatable bonds is 3. The molecule has 0 atom stereocenters. The molecule has 0 nitrogen and oxygen atoms in total. The van der Waals surface area contributed by atoms with E-state index in [-0.39, 0.29) is 0 Å². The first-order valence-corrected chi connectivity index (χ1v) is 6.30. The summed E-state index contributed by atoms with van der Waals surface area (Å²) in [5.41, 5.74) is 5.09. The topological polar surface area (TPSA) is 0 Å². The first-order valence-electron chi connectivity index (χ1n) is 6.30. The van der Waals surface area contributed by atoms with Crippen LogP contribution in [0.5, 0.6) is 0 Å². The summed E-state index contributed by atoms with van der Waals surface area (Å²) in [6, 6.07) is 21.0. The van der Waals surface area contributed by atoms with Crippen LogP contribution in [0.4, 0.5) is 0 Å². The molecular weight excluding hydrogens is 216 g/mol. The maximum Gasteiger partial charge on any atom is -0.0151 e. The zero-order valence-corrected chi connectivity index (χ0v) is 10.9. The normalized spacial score (nSPS) is 12.6. The maximum atomic E-state index is 2.18. The van der Waals surface area contributed by atoms with Gasteiger partial charge in [-0.25, -0.2) is 0 Å². The monoisotopic (exact) mass is 234 g/mol. The molecule has 2 rings (SSSR count). The second-order valence-electron chi connectivity index (χ2n) is 4.14. The minimum atomic E-state index is 1.26. The summed E-state index contributed by atoms with van der Waals surface area (Å²) in [6.45, 7) is 4.18. The third kappa shape index (κ3) is 2.60. The zero-order valence-electron chi connectivity index (χ0n) is 10.9. The van der Waals surface area contributed by atoms with E-state index < -0.39 is 0 Å². The Labute approximate surface area is 109 Å². The van der Waals surface area contributed by atoms with Crippen LogP contribution in [0, 0.1) is 0 Å². The first-order chi connectivity index (χ1) is 8.86. The van der Waals surface area contributed by atoms with E-state index in [9.17, 15) is 0 Å². The summed E-state index contributed by atoms with van der Waals surface area (Å²) in [5, 5.41) is 0. The van der Waals surface area contributed by atoms with Crippen molar-refractivity contribution in [1.29, 1.82) is 0 Å². The van der Waals surface area contributed by atoms with Gasteiger partial charge in [-0.15, -0.1) is 0 Å². The van der Waals surface area contributed by atoms with Crippen molar-refractivity contribution in [3.63, 3.8) is 0 Å². The third-order valence-corrected chi connectivity index (χ3v) is 3.04. The first kappa shape index (κ1) is 12.4. The highest BCUT2D eigenvalue weighted by Crippen LogP contribution is 2.30. The highest BCUT2D eigenvalue weighted by Gasteiger charge is 2.07. The third-order valence-electron chi connectivity index (χ3n) is 3.04. The average molecular weight is 234 g/mol. The van der Waals surface area contributed by atoms with Crippen LogP contribution in [-0.2, 0) is 0 Å². The quantitative estimate of drug-likeness (QED) is 0.641. The van der Waals surface area contributed by atoms with Gasteiger partial charge in [0.25, 0.3) is 0 Å². The molecule has 0 radical (unpaired) electrons. The molecule has 2 aromatic carbocycles. The Bertz CT molecular complexity index is 492. The molecule has 0 saturated carbocycles. The summed E-state index contributed by atoms with van der Waals surface area (Å²) in [7, 11) is 0. The molecule has 0 spiro atoms. The van der Waals surface area contributed by atoms with E-state index in [1.165, 1.54) is 22.3 Å². The number of benzene rings is 2. The summed E-state index contributed by atoms with van der Waals surface area (Å²) in [6.07, 6.45) is 4.36. The predicted molar refractivity (Wildman–Crippen MR) is 80.2 cm³/mol. The van der Waals surface area contributed by atoms with Gasteiger partial charge in [0.05, 0.1) is 0 Å². The molecule has 90 valence electrons. The van der Waals surface area contributed by atoms with Crippen molar-refractivity contribution >= 4 is 11.1 Å². The summed E-state index contributed by atoms with van der Waals surface area (Å²) >= 11 is 0. The lowest BCUT2D eigenvalue weighted by Crippen LogP contribution is -1.90. The second-order valence-corrected chi connectivity index (χ2v) is 4.14. The number of allylic oxidation sites excluding steroid dienone is 4. The van der Waals surface area contributed by atoms with Crippen LogP contribution in [0.3, 0.4) is 0 Å². The van der Waals surface area contributed by atoms with Gasteiger partial charge in [0.2, 0.25) is 0 Å². The average Bonchev–Trinajstić information content (AvgIpc) is 2.46. The van der Waals surface area contributed by atoms with Crippen LogP contribution >= 0.6 is 0 Å². The molecule has 0 aromatic heterocycles. The predicted octanol–water partition coefficient (Wildman–Crippen LogP) is 5.19. The minimum Gasteiger partial charge on any atom is -0.0792 e. The summed E-state index contributed by atoms with van der Waals surface area (Å²) < 4.78 is 0. The van der Waals surface area contributed by atoms with Gasteiger partial charge in [0.15, 0.2) is 0 Å². The summed E-state index contributed by atoms with van der Waals surface area (Å²) in [4.78, 5) is 0. The maximum absolute atomic E-state index is 2.18. The van der Waals surface area contributed by atoms with E-state index in [4.69, 9.17) is 0 Å². The van der Waals surface area contributed by atoms with E-state index in [0.29, 0.717) is 0 Å². The van der Waals surface area contributed by atoms with E-state index in [1.807, 2.05) is 0 Å². The van der Waals surface area contributed by atoms with Crippen LogP contribution in [0.1, 0.15) is 25.0 Å². The largest absolute Gasteiger partial charge is 0.0792 e. The molecule has 0 bridgehead atoms. The van der Waals surface area contributed by atoms with E-state index in [0.717, 1.165) is 0 Å². The summed E-state index contributed by atoms with van der Waals surface area (Å²) in [5.74, 6) is 0. The molecule has 2 aromatic rings. The molecular formula is C18H18. The van der Waals surface area contributed by atoms with Gasteiger partial charge in [0.1, 0.15) is 0 Å². The van der Waals surface area contributed by atoms with Crippen molar-refractivity contribution < 1.29 is 0 Å². The van der Waals surface area contributed by atoms with Crippen LogP contribution in [-0.4, -0.2) is 0 Å². The smallest absolute Gasteiger partial charge is 0.0151 e. The Morgan fingerprint density at radius 1 is 0.611 bits per heavy atom. The standard InChI is InChI=1S/C18H18/c1-3-17(15-11-7-5-8-12-15)18(4-2)16-13-9-6-10-14-16/h3-14H,1-2H3/b17-3-,18-4-. The zero-order chi connectivity index (χ0) is 12.8. The lowest BCUT2D eigenvalue weighted by molar-refractivity contribution is 1.55. The van der Waals surface area contributed by atoms with Crippen molar-refractivity contribution in [3.8, 4) is 0 Å². The molecule has 18 heavy (non-hydrogen) atoms. The van der Waals surface area contributed by atoms with Crippen LogP contribution in [0.2, 0.25) is 0 Å². The van der Waals surface area contributed by atoms with E-state index in [1.54, 1.807) is 0 Å². The molecule has 0 heterocycles. The Morgan fingerprint density at radius 3 is 1.22 bits per heavy atom. The van der Waals surface area contributed by atoms with Crippen LogP contribution in [0.15, 0.2) is 72.8 Å². The number of hydrogen-bond acceptors (Lipinski definition) is 0. The van der Waals surface area contributed by atoms with E-state index >= 15 is 0 Å². The Kier molecular flexibility index (Phi) is 4.14. The second kappa shape index (κ2) is 6.02. The SMILES string of the molecule is C/C=C(\C(=C/C)c1ccccc1)c1ccccc1. The van der Waals surface area contributed by atoms with Gasteiger partial charge >= 0.3 is 0 Å². The van der Waals surface area contributed by atoms with Crippen molar-refractivity contribution in [3.05, 3.63) is 83.9 Å². The Hall–Kier alpha value is -2.08. The van der Waals surface area contributed by atoms with Crippen molar-refractivity contribution in [2.24, 2.45) is 0 Å². The Balaban J connectivity index is 2.45. The molecule has 0 aliphatic heterocycles. The van der Waals surface area contributed by atoms with Gasteiger partial charge < -0.3 is 0 Å². The molecule has 0 aliphatic rings.